The van der Waals surface area contributed by atoms with E-state index >= 15 is 0 Å². The van der Waals surface area contributed by atoms with E-state index < -0.39 is 0 Å². The van der Waals surface area contributed by atoms with Crippen LogP contribution in [0.1, 0.15) is 31.7 Å². The Morgan fingerprint density at radius 3 is 2.90 bits per heavy atom. The van der Waals surface area contributed by atoms with Crippen molar-refractivity contribution in [3.05, 3.63) is 27.9 Å². The van der Waals surface area contributed by atoms with Gasteiger partial charge in [-0.3, -0.25) is 15.0 Å². The molecule has 1 aliphatic carbocycles. The van der Waals surface area contributed by atoms with Crippen molar-refractivity contribution in [1.29, 1.82) is 0 Å². The maximum atomic E-state index is 11.2. The molecule has 0 bridgehead atoms. The van der Waals surface area contributed by atoms with Gasteiger partial charge in [-0.1, -0.05) is 0 Å². The first-order valence-electron chi connectivity index (χ1n) is 7.18. The highest BCUT2D eigenvalue weighted by Crippen LogP contribution is 2.35. The Kier molecular flexibility index (Phi) is 3.33. The highest BCUT2D eigenvalue weighted by atomic mass is 16.6. The molecule has 1 N–H and O–H groups in total. The monoisotopic (exact) mass is 276 g/mol. The number of hydrogen-bond acceptors (Lipinski definition) is 5. The summed E-state index contributed by atoms with van der Waals surface area (Å²) in [5.41, 5.74) is 0.752. The van der Waals surface area contributed by atoms with Gasteiger partial charge in [-0.25, -0.2) is 4.98 Å². The number of nitro groups is 1. The fraction of sp³-hybridized carbons (Fsp3) is 0.643. The first-order chi connectivity index (χ1) is 9.56. The Morgan fingerprint density at radius 2 is 2.25 bits per heavy atom. The van der Waals surface area contributed by atoms with Crippen LogP contribution in [0.2, 0.25) is 0 Å². The van der Waals surface area contributed by atoms with Crippen molar-refractivity contribution in [2.24, 2.45) is 0 Å². The lowest BCUT2D eigenvalue weighted by Gasteiger charge is -2.19. The van der Waals surface area contributed by atoms with Crippen molar-refractivity contribution < 1.29 is 4.92 Å². The number of hydrogen-bond donors (Lipinski definition) is 1. The molecule has 0 spiro atoms. The summed E-state index contributed by atoms with van der Waals surface area (Å²) in [7, 11) is 0. The standard InChI is InChI=1S/C14H20N4O2/c1-9-5-6-15-14(13(9)18(19)20)16-11-7-10(2)17(8-11)12-3-4-12/h5-6,10-12H,3-4,7-8H2,1-2H3,(H,15,16)/t10-,11+/m1/s1. The van der Waals surface area contributed by atoms with Gasteiger partial charge in [0.15, 0.2) is 0 Å². The van der Waals surface area contributed by atoms with Crippen LogP contribution in [0.15, 0.2) is 12.3 Å². The molecule has 0 amide bonds. The van der Waals surface area contributed by atoms with Crippen LogP contribution in [0.5, 0.6) is 0 Å². The lowest BCUT2D eigenvalue weighted by atomic mass is 10.2. The second-order valence-corrected chi connectivity index (χ2v) is 5.94. The summed E-state index contributed by atoms with van der Waals surface area (Å²) in [4.78, 5) is 17.5. The molecule has 1 aromatic rings. The van der Waals surface area contributed by atoms with Gasteiger partial charge >= 0.3 is 5.69 Å². The molecule has 2 atom stereocenters. The SMILES string of the molecule is Cc1ccnc(N[C@H]2C[C@@H](C)N(C3CC3)C2)c1[N+](=O)[O-]. The fourth-order valence-corrected chi connectivity index (χ4v) is 3.16. The molecule has 0 radical (unpaired) electrons. The zero-order chi connectivity index (χ0) is 14.3. The van der Waals surface area contributed by atoms with Gasteiger partial charge in [0.25, 0.3) is 0 Å². The van der Waals surface area contributed by atoms with E-state index in [0.717, 1.165) is 19.0 Å². The van der Waals surface area contributed by atoms with Crippen molar-refractivity contribution in [3.63, 3.8) is 0 Å². The maximum absolute atomic E-state index is 11.2. The lowest BCUT2D eigenvalue weighted by Crippen LogP contribution is -2.31. The van der Waals surface area contributed by atoms with Crippen LogP contribution >= 0.6 is 0 Å². The number of pyridine rings is 1. The predicted octanol–water partition coefficient (Wildman–Crippen LogP) is 2.34. The molecule has 2 fully saturated rings. The number of nitrogens with zero attached hydrogens (tertiary/aromatic N) is 3. The van der Waals surface area contributed by atoms with Crippen molar-refractivity contribution in [2.45, 2.75) is 51.2 Å². The molecule has 2 heterocycles. The van der Waals surface area contributed by atoms with E-state index in [4.69, 9.17) is 0 Å². The van der Waals surface area contributed by atoms with Gasteiger partial charge in [0.2, 0.25) is 5.82 Å². The van der Waals surface area contributed by atoms with Crippen LogP contribution in [0, 0.1) is 17.0 Å². The Hall–Kier alpha value is -1.69. The predicted molar refractivity (Wildman–Crippen MR) is 76.8 cm³/mol. The van der Waals surface area contributed by atoms with Crippen molar-refractivity contribution >= 4 is 11.5 Å². The summed E-state index contributed by atoms with van der Waals surface area (Å²) in [6.45, 7) is 4.94. The number of rotatable bonds is 4. The van der Waals surface area contributed by atoms with Crippen molar-refractivity contribution in [3.8, 4) is 0 Å². The molecular formula is C14H20N4O2. The highest BCUT2D eigenvalue weighted by Gasteiger charge is 2.39. The Morgan fingerprint density at radius 1 is 1.50 bits per heavy atom. The van der Waals surface area contributed by atoms with Crippen LogP contribution in [-0.4, -0.2) is 39.5 Å². The molecule has 6 nitrogen and oxygen atoms in total. The summed E-state index contributed by atoms with van der Waals surface area (Å²) in [5.74, 6) is 0.407. The average Bonchev–Trinajstić information content (AvgIpc) is 3.14. The first-order valence-corrected chi connectivity index (χ1v) is 7.18. The van der Waals surface area contributed by atoms with E-state index in [1.807, 2.05) is 0 Å². The summed E-state index contributed by atoms with van der Waals surface area (Å²) in [6.07, 6.45) is 5.23. The second kappa shape index (κ2) is 5.01. The molecular weight excluding hydrogens is 256 g/mol. The third kappa shape index (κ3) is 2.47. The third-order valence-corrected chi connectivity index (χ3v) is 4.29. The van der Waals surface area contributed by atoms with Gasteiger partial charge in [0.1, 0.15) is 0 Å². The molecule has 1 saturated carbocycles. The van der Waals surface area contributed by atoms with Crippen molar-refractivity contribution in [2.75, 3.05) is 11.9 Å². The molecule has 108 valence electrons. The van der Waals surface area contributed by atoms with E-state index in [1.54, 1.807) is 19.2 Å². The van der Waals surface area contributed by atoms with Gasteiger partial charge in [-0.2, -0.15) is 0 Å². The Bertz CT molecular complexity index is 530. The topological polar surface area (TPSA) is 71.3 Å². The normalized spacial score (nSPS) is 26.7. The minimum atomic E-state index is -0.346. The first kappa shape index (κ1) is 13.3. The zero-order valence-electron chi connectivity index (χ0n) is 11.9. The Balaban J connectivity index is 1.75. The van der Waals surface area contributed by atoms with E-state index in [9.17, 15) is 10.1 Å². The second-order valence-electron chi connectivity index (χ2n) is 5.94. The molecule has 20 heavy (non-hydrogen) atoms. The van der Waals surface area contributed by atoms with Gasteiger partial charge in [-0.05, 0) is 39.2 Å². The summed E-state index contributed by atoms with van der Waals surface area (Å²) in [6, 6.07) is 3.21. The average molecular weight is 276 g/mol. The van der Waals surface area contributed by atoms with Gasteiger partial charge in [0, 0.05) is 36.4 Å². The van der Waals surface area contributed by atoms with Crippen LogP contribution in [0.3, 0.4) is 0 Å². The molecule has 6 heteroatoms. The number of anilines is 1. The molecule has 1 saturated heterocycles. The summed E-state index contributed by atoms with van der Waals surface area (Å²) >= 11 is 0. The van der Waals surface area contributed by atoms with Gasteiger partial charge in [0.05, 0.1) is 4.92 Å². The quantitative estimate of drug-likeness (QED) is 0.675. The van der Waals surface area contributed by atoms with Gasteiger partial charge < -0.3 is 5.32 Å². The van der Waals surface area contributed by atoms with Crippen LogP contribution in [0.25, 0.3) is 0 Å². The molecule has 2 aliphatic rings. The van der Waals surface area contributed by atoms with E-state index in [1.165, 1.54) is 12.8 Å². The van der Waals surface area contributed by atoms with Crippen LogP contribution in [0.4, 0.5) is 11.5 Å². The third-order valence-electron chi connectivity index (χ3n) is 4.29. The van der Waals surface area contributed by atoms with E-state index in [2.05, 4.69) is 22.1 Å². The molecule has 1 aromatic heterocycles. The number of aryl methyl sites for hydroxylation is 1. The van der Waals surface area contributed by atoms with E-state index in [-0.39, 0.29) is 16.7 Å². The van der Waals surface area contributed by atoms with Crippen LogP contribution < -0.4 is 5.32 Å². The number of nitrogens with one attached hydrogen (secondary N) is 1. The minimum absolute atomic E-state index is 0.102. The Labute approximate surface area is 118 Å². The number of likely N-dealkylation sites (tertiary alicyclic amines) is 1. The van der Waals surface area contributed by atoms with Crippen LogP contribution in [-0.2, 0) is 0 Å². The highest BCUT2D eigenvalue weighted by molar-refractivity contribution is 5.60. The molecule has 3 rings (SSSR count). The van der Waals surface area contributed by atoms with E-state index in [0.29, 0.717) is 17.4 Å². The molecule has 0 unspecified atom stereocenters. The summed E-state index contributed by atoms with van der Waals surface area (Å²) in [5, 5.41) is 14.5. The molecule has 1 aliphatic heterocycles. The number of aromatic nitrogens is 1. The zero-order valence-corrected chi connectivity index (χ0v) is 11.9. The smallest absolute Gasteiger partial charge is 0.314 e. The fourth-order valence-electron chi connectivity index (χ4n) is 3.16. The largest absolute Gasteiger partial charge is 0.360 e. The minimum Gasteiger partial charge on any atom is -0.360 e. The van der Waals surface area contributed by atoms with Crippen molar-refractivity contribution in [1.82, 2.24) is 9.88 Å². The van der Waals surface area contributed by atoms with Gasteiger partial charge in [-0.15, -0.1) is 0 Å². The lowest BCUT2D eigenvalue weighted by molar-refractivity contribution is -0.384. The maximum Gasteiger partial charge on any atom is 0.314 e. The molecule has 0 aromatic carbocycles. The summed E-state index contributed by atoms with van der Waals surface area (Å²) < 4.78 is 0.